The Morgan fingerprint density at radius 3 is 2.74 bits per heavy atom. The zero-order chi connectivity index (χ0) is 19.6. The van der Waals surface area contributed by atoms with E-state index in [-0.39, 0.29) is 30.8 Å². The number of hydrogen-bond acceptors (Lipinski definition) is 5. The fourth-order valence-electron chi connectivity index (χ4n) is 2.53. The van der Waals surface area contributed by atoms with Gasteiger partial charge in [-0.1, -0.05) is 0 Å². The van der Waals surface area contributed by atoms with Crippen LogP contribution in [0.3, 0.4) is 0 Å². The first kappa shape index (κ1) is 18.9. The summed E-state index contributed by atoms with van der Waals surface area (Å²) in [6.07, 6.45) is 1.08. The van der Waals surface area contributed by atoms with Crippen molar-refractivity contribution in [3.05, 3.63) is 74.2 Å². The Bertz CT molecular complexity index is 1100. The maximum atomic E-state index is 12.7. The smallest absolute Gasteiger partial charge is 0.327 e. The lowest BCUT2D eigenvalue weighted by molar-refractivity contribution is 0.400. The lowest BCUT2D eigenvalue weighted by Crippen LogP contribution is -2.27. The number of aryl methyl sites for hydroxylation is 1. The normalized spacial score (nSPS) is 11.0. The molecule has 0 radical (unpaired) electrons. The molecule has 0 aliphatic carbocycles. The van der Waals surface area contributed by atoms with E-state index < -0.39 is 11.8 Å². The molecule has 7 nitrogen and oxygen atoms in total. The number of thiophene rings is 1. The van der Waals surface area contributed by atoms with Gasteiger partial charge in [0.25, 0.3) is 11.6 Å². The zero-order valence-corrected chi connectivity index (χ0v) is 15.2. The Morgan fingerprint density at radius 1 is 1.26 bits per heavy atom. The minimum Gasteiger partial charge on any atom is -0.327 e. The number of nitrogens with zero attached hydrogens (tertiary/aromatic N) is 4. The van der Waals surface area contributed by atoms with Crippen molar-refractivity contribution >= 4 is 11.3 Å². The van der Waals surface area contributed by atoms with Crippen molar-refractivity contribution in [2.75, 3.05) is 6.54 Å². The molecule has 142 valence electrons. The molecule has 0 amide bonds. The van der Waals surface area contributed by atoms with E-state index >= 15 is 0 Å². The van der Waals surface area contributed by atoms with E-state index in [1.165, 1.54) is 26.8 Å². The largest absolute Gasteiger partial charge is 0.346 e. The fourth-order valence-corrected chi connectivity index (χ4v) is 3.55. The van der Waals surface area contributed by atoms with Gasteiger partial charge < -0.3 is 10.3 Å². The Kier molecular flexibility index (Phi) is 5.47. The summed E-state index contributed by atoms with van der Waals surface area (Å²) >= 11 is 1.39. The van der Waals surface area contributed by atoms with Crippen molar-refractivity contribution in [3.8, 4) is 10.4 Å². The number of aromatic nitrogens is 4. The second-order valence-corrected chi connectivity index (χ2v) is 7.04. The van der Waals surface area contributed by atoms with Gasteiger partial charge in [-0.05, 0) is 24.3 Å². The first-order valence-electron chi connectivity index (χ1n) is 8.00. The number of hydrogen-bond donors (Lipinski definition) is 1. The molecule has 0 aliphatic heterocycles. The molecule has 3 aromatic rings. The summed E-state index contributed by atoms with van der Waals surface area (Å²) in [6.45, 7) is -0.460. The second kappa shape index (κ2) is 7.80. The Morgan fingerprint density at radius 2 is 2.04 bits per heavy atom. The first-order chi connectivity index (χ1) is 12.9. The van der Waals surface area contributed by atoms with E-state index in [1.807, 2.05) is 12.1 Å². The van der Waals surface area contributed by atoms with Crippen LogP contribution in [0.5, 0.6) is 0 Å². The summed E-state index contributed by atoms with van der Waals surface area (Å²) in [5.74, 6) is 0. The molecule has 27 heavy (non-hydrogen) atoms. The maximum absolute atomic E-state index is 12.7. The Hall–Kier alpha value is -2.85. The standard InChI is InChI=1S/C17H17F2N5O2S/c1-22-6-2-3-13(16(22)25)14-5-4-12(27-14)9-23-10-21-24(17(23)26)8-11(7-20)15(18)19/h2-6,10H,7-9,20H2,1H3. The number of nitrogens with two attached hydrogens (primary N) is 1. The van der Waals surface area contributed by atoms with Gasteiger partial charge in [-0.3, -0.25) is 9.36 Å². The molecule has 2 N–H and O–H groups in total. The quantitative estimate of drug-likeness (QED) is 0.690. The number of rotatable bonds is 6. The van der Waals surface area contributed by atoms with E-state index in [0.29, 0.717) is 5.56 Å². The van der Waals surface area contributed by atoms with Crippen LogP contribution in [0.2, 0.25) is 0 Å². The van der Waals surface area contributed by atoms with Crippen LogP contribution in [0.25, 0.3) is 10.4 Å². The average molecular weight is 393 g/mol. The third-order valence-electron chi connectivity index (χ3n) is 4.03. The van der Waals surface area contributed by atoms with Gasteiger partial charge >= 0.3 is 5.69 Å². The van der Waals surface area contributed by atoms with Crippen LogP contribution in [0.4, 0.5) is 8.78 Å². The molecular formula is C17H17F2N5O2S. The average Bonchev–Trinajstić information content (AvgIpc) is 3.23. The van der Waals surface area contributed by atoms with Crippen molar-refractivity contribution in [1.29, 1.82) is 0 Å². The molecule has 0 saturated heterocycles. The molecule has 0 aromatic carbocycles. The summed E-state index contributed by atoms with van der Waals surface area (Å²) < 4.78 is 29.2. The minimum atomic E-state index is -1.90. The van der Waals surface area contributed by atoms with Crippen LogP contribution >= 0.6 is 11.3 Å². The van der Waals surface area contributed by atoms with Gasteiger partial charge in [0.05, 0.1) is 18.7 Å². The van der Waals surface area contributed by atoms with Crippen LogP contribution in [0, 0.1) is 0 Å². The number of pyridine rings is 1. The molecule has 0 spiro atoms. The summed E-state index contributed by atoms with van der Waals surface area (Å²) in [5.41, 5.74) is 4.90. The van der Waals surface area contributed by atoms with E-state index in [4.69, 9.17) is 5.73 Å². The molecule has 0 aliphatic rings. The van der Waals surface area contributed by atoms with Gasteiger partial charge in [0, 0.05) is 35.1 Å². The van der Waals surface area contributed by atoms with Gasteiger partial charge in [-0.15, -0.1) is 11.3 Å². The molecule has 0 saturated carbocycles. The Balaban J connectivity index is 1.83. The Labute approximate surface area is 156 Å². The minimum absolute atomic E-state index is 0.106. The highest BCUT2D eigenvalue weighted by Gasteiger charge is 2.12. The van der Waals surface area contributed by atoms with Crippen molar-refractivity contribution in [1.82, 2.24) is 18.9 Å². The predicted molar refractivity (Wildman–Crippen MR) is 98.9 cm³/mol. The van der Waals surface area contributed by atoms with E-state index in [0.717, 1.165) is 14.4 Å². The number of halogens is 2. The van der Waals surface area contributed by atoms with Gasteiger partial charge in [0.15, 0.2) is 0 Å². The van der Waals surface area contributed by atoms with E-state index in [1.54, 1.807) is 25.4 Å². The van der Waals surface area contributed by atoms with Gasteiger partial charge in [-0.2, -0.15) is 13.9 Å². The SMILES string of the molecule is Cn1cccc(-c2ccc(Cn3cnn(CC(CN)=C(F)F)c3=O)s2)c1=O. The molecule has 3 heterocycles. The second-order valence-electron chi connectivity index (χ2n) is 5.87. The maximum Gasteiger partial charge on any atom is 0.346 e. The van der Waals surface area contributed by atoms with E-state index in [9.17, 15) is 18.4 Å². The van der Waals surface area contributed by atoms with Gasteiger partial charge in [0.2, 0.25) is 0 Å². The fraction of sp³-hybridized carbons (Fsp3) is 0.235. The summed E-state index contributed by atoms with van der Waals surface area (Å²) in [4.78, 5) is 26.2. The van der Waals surface area contributed by atoms with Crippen LogP contribution in [-0.4, -0.2) is 25.5 Å². The topological polar surface area (TPSA) is 87.8 Å². The summed E-state index contributed by atoms with van der Waals surface area (Å²) in [6, 6.07) is 7.17. The third-order valence-corrected chi connectivity index (χ3v) is 5.13. The zero-order valence-electron chi connectivity index (χ0n) is 14.4. The predicted octanol–water partition coefficient (Wildman–Crippen LogP) is 1.63. The first-order valence-corrected chi connectivity index (χ1v) is 8.82. The summed E-state index contributed by atoms with van der Waals surface area (Å²) in [5, 5.41) is 3.87. The van der Waals surface area contributed by atoms with Crippen molar-refractivity contribution in [2.45, 2.75) is 13.1 Å². The van der Waals surface area contributed by atoms with Crippen LogP contribution in [-0.2, 0) is 20.1 Å². The van der Waals surface area contributed by atoms with Gasteiger partial charge in [0.1, 0.15) is 6.33 Å². The lowest BCUT2D eigenvalue weighted by atomic mass is 10.2. The molecule has 0 fully saturated rings. The molecule has 0 unspecified atom stereocenters. The van der Waals surface area contributed by atoms with Gasteiger partial charge in [-0.25, -0.2) is 9.48 Å². The molecule has 0 bridgehead atoms. The van der Waals surface area contributed by atoms with Crippen molar-refractivity contribution in [3.63, 3.8) is 0 Å². The van der Waals surface area contributed by atoms with Crippen LogP contribution in [0.15, 0.2) is 58.0 Å². The highest BCUT2D eigenvalue weighted by Crippen LogP contribution is 2.26. The monoisotopic (exact) mass is 393 g/mol. The van der Waals surface area contributed by atoms with Crippen LogP contribution < -0.4 is 17.0 Å². The van der Waals surface area contributed by atoms with Crippen LogP contribution in [0.1, 0.15) is 4.88 Å². The van der Waals surface area contributed by atoms with Crippen molar-refractivity contribution < 1.29 is 8.78 Å². The molecule has 3 aromatic heterocycles. The molecular weight excluding hydrogens is 376 g/mol. The van der Waals surface area contributed by atoms with Crippen molar-refractivity contribution in [2.24, 2.45) is 12.8 Å². The highest BCUT2D eigenvalue weighted by molar-refractivity contribution is 7.15. The highest BCUT2D eigenvalue weighted by atomic mass is 32.1. The third kappa shape index (κ3) is 3.96. The van der Waals surface area contributed by atoms with E-state index in [2.05, 4.69) is 5.10 Å². The lowest BCUT2D eigenvalue weighted by Gasteiger charge is -2.02. The molecule has 3 rings (SSSR count). The summed E-state index contributed by atoms with van der Waals surface area (Å²) in [7, 11) is 1.68. The molecule has 10 heteroatoms. The molecule has 0 atom stereocenters.